The quantitative estimate of drug-likeness (QED) is 0.891. The molecule has 0 aliphatic rings. The van der Waals surface area contributed by atoms with Crippen LogP contribution < -0.4 is 5.32 Å². The largest absolute Gasteiger partial charge is 0.467 e. The summed E-state index contributed by atoms with van der Waals surface area (Å²) in [6.07, 6.45) is 1.62. The number of carbonyl (C=O) groups excluding carboxylic acids is 1. The van der Waals surface area contributed by atoms with Crippen LogP contribution in [0.5, 0.6) is 0 Å². The Labute approximate surface area is 116 Å². The minimum absolute atomic E-state index is 0.0162. The smallest absolute Gasteiger partial charge is 0.234 e. The molecule has 0 aromatic carbocycles. The molecule has 1 rings (SSSR count). The molecule has 1 amide bonds. The average Bonchev–Trinajstić information content (AvgIpc) is 2.79. The van der Waals surface area contributed by atoms with Gasteiger partial charge >= 0.3 is 0 Å². The molecule has 4 nitrogen and oxygen atoms in total. The molecule has 0 spiro atoms. The molecule has 0 saturated carbocycles. The van der Waals surface area contributed by atoms with Crippen LogP contribution in [0.2, 0.25) is 0 Å². The summed E-state index contributed by atoms with van der Waals surface area (Å²) in [5.41, 5.74) is 0.154. The van der Waals surface area contributed by atoms with Crippen LogP contribution in [0.1, 0.15) is 46.4 Å². The molecule has 1 heterocycles. The van der Waals surface area contributed by atoms with Crippen molar-refractivity contribution in [3.8, 4) is 0 Å². The van der Waals surface area contributed by atoms with Crippen LogP contribution in [-0.4, -0.2) is 30.4 Å². The lowest BCUT2D eigenvalue weighted by Crippen LogP contribution is -2.45. The Kier molecular flexibility index (Phi) is 5.18. The van der Waals surface area contributed by atoms with Crippen LogP contribution in [0.15, 0.2) is 22.8 Å². The van der Waals surface area contributed by atoms with Crippen molar-refractivity contribution in [1.82, 2.24) is 10.2 Å². The first-order valence-corrected chi connectivity index (χ1v) is 6.75. The van der Waals surface area contributed by atoms with Crippen LogP contribution in [0, 0.1) is 5.41 Å². The van der Waals surface area contributed by atoms with E-state index in [-0.39, 0.29) is 17.4 Å². The zero-order chi connectivity index (χ0) is 14.6. The maximum Gasteiger partial charge on any atom is 0.234 e. The number of furan rings is 1. The van der Waals surface area contributed by atoms with Gasteiger partial charge in [0.2, 0.25) is 5.91 Å². The van der Waals surface area contributed by atoms with Gasteiger partial charge in [-0.05, 0) is 38.4 Å². The summed E-state index contributed by atoms with van der Waals surface area (Å²) in [4.78, 5) is 14.1. The molecule has 4 heteroatoms. The van der Waals surface area contributed by atoms with Gasteiger partial charge in [-0.25, -0.2) is 0 Å². The Morgan fingerprint density at radius 2 is 2.05 bits per heavy atom. The lowest BCUT2D eigenvalue weighted by Gasteiger charge is -2.35. The third kappa shape index (κ3) is 4.71. The standard InChI is InChI=1S/C15H26N2O2/c1-11(13-8-7-9-19-13)16-14(18)10-17(6)12(2)15(3,4)5/h7-9,11-12H,10H2,1-6H3,(H,16,18)/t11-,12+/m0/s1. The number of amides is 1. The molecule has 0 bridgehead atoms. The number of nitrogens with one attached hydrogen (secondary N) is 1. The van der Waals surface area contributed by atoms with Gasteiger partial charge in [0.05, 0.1) is 18.8 Å². The second kappa shape index (κ2) is 6.24. The highest BCUT2D eigenvalue weighted by Crippen LogP contribution is 2.22. The van der Waals surface area contributed by atoms with Gasteiger partial charge in [-0.1, -0.05) is 20.8 Å². The first kappa shape index (κ1) is 15.8. The second-order valence-electron chi connectivity index (χ2n) is 6.26. The van der Waals surface area contributed by atoms with Gasteiger partial charge in [0.15, 0.2) is 0 Å². The third-order valence-electron chi connectivity index (χ3n) is 3.65. The molecule has 108 valence electrons. The van der Waals surface area contributed by atoms with E-state index in [4.69, 9.17) is 4.42 Å². The Morgan fingerprint density at radius 3 is 2.53 bits per heavy atom. The van der Waals surface area contributed by atoms with Crippen LogP contribution in [-0.2, 0) is 4.79 Å². The molecule has 0 radical (unpaired) electrons. The number of nitrogens with zero attached hydrogens (tertiary/aromatic N) is 1. The van der Waals surface area contributed by atoms with E-state index in [0.717, 1.165) is 5.76 Å². The van der Waals surface area contributed by atoms with Crippen molar-refractivity contribution in [2.24, 2.45) is 5.41 Å². The van der Waals surface area contributed by atoms with E-state index in [9.17, 15) is 4.79 Å². The fourth-order valence-electron chi connectivity index (χ4n) is 1.92. The summed E-state index contributed by atoms with van der Waals surface area (Å²) in [6.45, 7) is 11.0. The number of likely N-dealkylation sites (N-methyl/N-ethyl adjacent to an activating group) is 1. The monoisotopic (exact) mass is 266 g/mol. The summed E-state index contributed by atoms with van der Waals surface area (Å²) in [5, 5.41) is 2.95. The Hall–Kier alpha value is -1.29. The van der Waals surface area contributed by atoms with Gasteiger partial charge in [-0.3, -0.25) is 9.69 Å². The van der Waals surface area contributed by atoms with Crippen molar-refractivity contribution in [3.63, 3.8) is 0 Å². The van der Waals surface area contributed by atoms with Crippen molar-refractivity contribution in [1.29, 1.82) is 0 Å². The van der Waals surface area contributed by atoms with E-state index in [1.807, 2.05) is 26.1 Å². The second-order valence-corrected chi connectivity index (χ2v) is 6.26. The van der Waals surface area contributed by atoms with Gasteiger partial charge in [-0.2, -0.15) is 0 Å². The minimum Gasteiger partial charge on any atom is -0.467 e. The normalized spacial score (nSPS) is 15.3. The maximum atomic E-state index is 12.0. The molecule has 19 heavy (non-hydrogen) atoms. The van der Waals surface area contributed by atoms with Gasteiger partial charge in [-0.15, -0.1) is 0 Å². The SMILES string of the molecule is C[C@H](NC(=O)CN(C)[C@H](C)C(C)(C)C)c1ccco1. The first-order valence-electron chi connectivity index (χ1n) is 6.75. The number of hydrogen-bond acceptors (Lipinski definition) is 3. The minimum atomic E-state index is -0.0964. The number of rotatable bonds is 5. The van der Waals surface area contributed by atoms with Gasteiger partial charge < -0.3 is 9.73 Å². The molecule has 0 saturated heterocycles. The van der Waals surface area contributed by atoms with Crippen LogP contribution in [0.3, 0.4) is 0 Å². The fraction of sp³-hybridized carbons (Fsp3) is 0.667. The molecule has 2 atom stereocenters. The summed E-state index contributed by atoms with van der Waals surface area (Å²) >= 11 is 0. The van der Waals surface area contributed by atoms with E-state index in [0.29, 0.717) is 12.6 Å². The molecule has 0 aliphatic carbocycles. The first-order chi connectivity index (χ1) is 8.71. The van der Waals surface area contributed by atoms with Gasteiger partial charge in [0, 0.05) is 6.04 Å². The van der Waals surface area contributed by atoms with Crippen molar-refractivity contribution in [2.75, 3.05) is 13.6 Å². The number of carbonyl (C=O) groups is 1. The van der Waals surface area contributed by atoms with Gasteiger partial charge in [0.25, 0.3) is 0 Å². The summed E-state index contributed by atoms with van der Waals surface area (Å²) in [6, 6.07) is 3.93. The zero-order valence-electron chi connectivity index (χ0n) is 12.9. The van der Waals surface area contributed by atoms with E-state index in [1.54, 1.807) is 6.26 Å². The zero-order valence-corrected chi connectivity index (χ0v) is 12.9. The third-order valence-corrected chi connectivity index (χ3v) is 3.65. The van der Waals surface area contributed by atoms with Crippen molar-refractivity contribution in [3.05, 3.63) is 24.2 Å². The van der Waals surface area contributed by atoms with E-state index in [1.165, 1.54) is 0 Å². The molecule has 1 aromatic rings. The summed E-state index contributed by atoms with van der Waals surface area (Å²) in [7, 11) is 1.98. The Bertz CT molecular complexity index is 393. The molecule has 0 fully saturated rings. The predicted molar refractivity (Wildman–Crippen MR) is 76.8 cm³/mol. The predicted octanol–water partition coefficient (Wildman–Crippen LogP) is 2.82. The van der Waals surface area contributed by atoms with E-state index >= 15 is 0 Å². The van der Waals surface area contributed by atoms with Crippen LogP contribution >= 0.6 is 0 Å². The molecule has 1 aromatic heterocycles. The van der Waals surface area contributed by atoms with E-state index < -0.39 is 0 Å². The Balaban J connectivity index is 2.47. The van der Waals surface area contributed by atoms with Crippen molar-refractivity contribution in [2.45, 2.75) is 46.7 Å². The molecular weight excluding hydrogens is 240 g/mol. The van der Waals surface area contributed by atoms with Gasteiger partial charge in [0.1, 0.15) is 5.76 Å². The lowest BCUT2D eigenvalue weighted by atomic mass is 9.87. The highest BCUT2D eigenvalue weighted by atomic mass is 16.3. The lowest BCUT2D eigenvalue weighted by molar-refractivity contribution is -0.123. The average molecular weight is 266 g/mol. The molecular formula is C15H26N2O2. The molecule has 1 N–H and O–H groups in total. The van der Waals surface area contributed by atoms with Crippen molar-refractivity contribution < 1.29 is 9.21 Å². The van der Waals surface area contributed by atoms with Crippen LogP contribution in [0.4, 0.5) is 0 Å². The fourth-order valence-corrected chi connectivity index (χ4v) is 1.92. The highest BCUT2D eigenvalue weighted by Gasteiger charge is 2.25. The molecule has 0 aliphatic heterocycles. The number of hydrogen-bond donors (Lipinski definition) is 1. The summed E-state index contributed by atoms with van der Waals surface area (Å²) < 4.78 is 5.27. The highest BCUT2D eigenvalue weighted by molar-refractivity contribution is 5.78. The molecule has 0 unspecified atom stereocenters. The Morgan fingerprint density at radius 1 is 1.42 bits per heavy atom. The summed E-state index contributed by atoms with van der Waals surface area (Å²) in [5.74, 6) is 0.794. The van der Waals surface area contributed by atoms with Crippen molar-refractivity contribution >= 4 is 5.91 Å². The van der Waals surface area contributed by atoms with Crippen LogP contribution in [0.25, 0.3) is 0 Å². The van der Waals surface area contributed by atoms with E-state index in [2.05, 4.69) is 37.9 Å². The maximum absolute atomic E-state index is 12.0. The topological polar surface area (TPSA) is 45.5 Å².